The van der Waals surface area contributed by atoms with Crippen LogP contribution in [0.3, 0.4) is 0 Å². The van der Waals surface area contributed by atoms with Gasteiger partial charge < -0.3 is 0 Å². The van der Waals surface area contributed by atoms with E-state index in [1.807, 2.05) is 24.3 Å². The highest BCUT2D eigenvalue weighted by molar-refractivity contribution is 6.35. The molecule has 0 saturated heterocycles. The molecule has 0 fully saturated rings. The van der Waals surface area contributed by atoms with Gasteiger partial charge in [0.05, 0.1) is 46.0 Å². The second-order valence-electron chi connectivity index (χ2n) is 11.4. The molecule has 0 atom stereocenters. The normalized spacial score (nSPS) is 23.9. The molecule has 2 bridgehead atoms. The number of nitrogens with zero attached hydrogens (tertiary/aromatic N) is 4. The highest BCUT2D eigenvalue weighted by Crippen LogP contribution is 2.60. The molecule has 3 aliphatic carbocycles. The van der Waals surface area contributed by atoms with E-state index in [1.165, 1.54) is 22.2 Å². The predicted octanol–water partition coefficient (Wildman–Crippen LogP) is 4.80. The number of carbonyl (C=O) groups is 4. The van der Waals surface area contributed by atoms with E-state index in [1.54, 1.807) is 36.7 Å². The topological polar surface area (TPSA) is 101 Å². The van der Waals surface area contributed by atoms with E-state index in [9.17, 15) is 19.2 Å². The number of amides is 4. The maximum absolute atomic E-state index is 13.5. The molecule has 8 heteroatoms. The molecule has 40 heavy (non-hydrogen) atoms. The number of hydrogen-bond acceptors (Lipinski definition) is 6. The molecule has 2 aromatic heterocycles. The number of carbonyl (C=O) groups excluding carboxylic acids is 4. The maximum Gasteiger partial charge on any atom is 0.266 e. The lowest BCUT2D eigenvalue weighted by Gasteiger charge is -2.53. The van der Waals surface area contributed by atoms with Gasteiger partial charge in [-0.3, -0.25) is 29.1 Å². The van der Waals surface area contributed by atoms with Crippen LogP contribution in [-0.2, 0) is 10.8 Å². The minimum absolute atomic E-state index is 0.368. The van der Waals surface area contributed by atoms with Gasteiger partial charge >= 0.3 is 0 Å². The molecule has 0 spiro atoms. The summed E-state index contributed by atoms with van der Waals surface area (Å²) in [5.41, 5.74) is 5.33. The maximum atomic E-state index is 13.5. The van der Waals surface area contributed by atoms with Gasteiger partial charge in [0.1, 0.15) is 0 Å². The van der Waals surface area contributed by atoms with Gasteiger partial charge in [-0.2, -0.15) is 0 Å². The van der Waals surface area contributed by atoms with E-state index >= 15 is 0 Å². The van der Waals surface area contributed by atoms with E-state index < -0.39 is 10.8 Å². The van der Waals surface area contributed by atoms with Gasteiger partial charge in [0, 0.05) is 23.2 Å². The molecule has 5 aliphatic rings. The minimum Gasteiger partial charge on any atom is -0.268 e. The van der Waals surface area contributed by atoms with Crippen molar-refractivity contribution in [1.82, 2.24) is 9.97 Å². The van der Waals surface area contributed by atoms with Crippen molar-refractivity contribution in [2.24, 2.45) is 0 Å². The Morgan fingerprint density at radius 1 is 0.575 bits per heavy atom. The molecule has 4 amide bonds. The third kappa shape index (κ3) is 2.60. The third-order valence-electron chi connectivity index (χ3n) is 9.36. The summed E-state index contributed by atoms with van der Waals surface area (Å²) in [5, 5.41) is 0. The van der Waals surface area contributed by atoms with E-state index in [0.29, 0.717) is 33.6 Å². The first-order valence-electron chi connectivity index (χ1n) is 13.2. The Bertz CT molecular complexity index is 1640. The highest BCUT2D eigenvalue weighted by Gasteiger charge is 2.54. The second-order valence-corrected chi connectivity index (χ2v) is 11.4. The molecule has 194 valence electrons. The van der Waals surface area contributed by atoms with Crippen LogP contribution >= 0.6 is 0 Å². The van der Waals surface area contributed by atoms with Gasteiger partial charge in [0.15, 0.2) is 0 Å². The Kier molecular flexibility index (Phi) is 4.22. The van der Waals surface area contributed by atoms with Crippen LogP contribution in [0.4, 0.5) is 11.4 Å². The second kappa shape index (κ2) is 7.35. The van der Waals surface area contributed by atoms with Crippen molar-refractivity contribution in [3.8, 4) is 0 Å². The zero-order valence-corrected chi connectivity index (χ0v) is 21.8. The summed E-state index contributed by atoms with van der Waals surface area (Å²) in [4.78, 5) is 64.6. The average Bonchev–Trinajstić information content (AvgIpc) is 3.37. The minimum atomic E-state index is -0.497. The molecule has 4 aromatic rings. The summed E-state index contributed by atoms with van der Waals surface area (Å²) < 4.78 is 0. The molecular weight excluding hydrogens is 504 g/mol. The van der Waals surface area contributed by atoms with Crippen LogP contribution < -0.4 is 9.80 Å². The van der Waals surface area contributed by atoms with Crippen LogP contribution in [0.25, 0.3) is 0 Å². The lowest BCUT2D eigenvalue weighted by Crippen LogP contribution is -2.46. The van der Waals surface area contributed by atoms with Gasteiger partial charge in [0.2, 0.25) is 0 Å². The Hall–Kier alpha value is -4.98. The first-order chi connectivity index (χ1) is 19.2. The van der Waals surface area contributed by atoms with E-state index in [0.717, 1.165) is 35.1 Å². The molecule has 0 unspecified atom stereocenters. The Morgan fingerprint density at radius 3 is 1.18 bits per heavy atom. The summed E-state index contributed by atoms with van der Waals surface area (Å²) >= 11 is 0. The quantitative estimate of drug-likeness (QED) is 0.348. The number of imide groups is 2. The summed E-state index contributed by atoms with van der Waals surface area (Å²) in [5.74, 6) is -1.47. The monoisotopic (exact) mass is 526 g/mol. The molecule has 8 nitrogen and oxygen atoms in total. The summed E-state index contributed by atoms with van der Waals surface area (Å²) in [6.45, 7) is 4.25. The molecule has 0 N–H and O–H groups in total. The fraction of sp³-hybridized carbons (Fsp3) is 0.188. The highest BCUT2D eigenvalue weighted by atomic mass is 16.2. The van der Waals surface area contributed by atoms with E-state index in [4.69, 9.17) is 0 Å². The van der Waals surface area contributed by atoms with Crippen molar-refractivity contribution in [2.45, 2.75) is 37.5 Å². The van der Waals surface area contributed by atoms with Crippen molar-refractivity contribution in [3.05, 3.63) is 118 Å². The van der Waals surface area contributed by atoms with Gasteiger partial charge in [0.25, 0.3) is 23.6 Å². The van der Waals surface area contributed by atoms with Crippen molar-refractivity contribution in [2.75, 3.05) is 9.80 Å². The van der Waals surface area contributed by atoms with Gasteiger partial charge in [-0.1, -0.05) is 13.8 Å². The standard InChI is InChI=1S/C32H22N4O4/c1-31-7-8-32(2,25-13-21-19(11-23(25)31)27(37)35(29(21)39)17-5-3-9-33-15-17)26-14-22-20(12-24(26)31)28(38)36(30(22)40)18-6-4-10-34-16-18/h3-6,9-16H,7-8H2,1-2H3. The molecule has 4 heterocycles. The molecule has 2 aliphatic heterocycles. The van der Waals surface area contributed by atoms with Crippen LogP contribution in [0.2, 0.25) is 0 Å². The van der Waals surface area contributed by atoms with Crippen LogP contribution in [-0.4, -0.2) is 33.6 Å². The first-order valence-corrected chi connectivity index (χ1v) is 13.2. The van der Waals surface area contributed by atoms with E-state index in [2.05, 4.69) is 23.8 Å². The van der Waals surface area contributed by atoms with E-state index in [-0.39, 0.29) is 23.6 Å². The summed E-state index contributed by atoms with van der Waals surface area (Å²) in [6, 6.07) is 14.3. The lowest BCUT2D eigenvalue weighted by atomic mass is 9.49. The molecule has 9 rings (SSSR count). The van der Waals surface area contributed by atoms with Gasteiger partial charge in [-0.05, 0) is 83.6 Å². The predicted molar refractivity (Wildman–Crippen MR) is 146 cm³/mol. The molecule has 0 radical (unpaired) electrons. The first kappa shape index (κ1) is 23.0. The van der Waals surface area contributed by atoms with Crippen molar-refractivity contribution < 1.29 is 19.2 Å². The van der Waals surface area contributed by atoms with Crippen LogP contribution in [0, 0.1) is 0 Å². The number of benzene rings is 2. The number of fused-ring (bicyclic) bond motifs is 3. The molecule has 2 aromatic carbocycles. The van der Waals surface area contributed by atoms with Gasteiger partial charge in [-0.25, -0.2) is 9.80 Å². The Labute approximate surface area is 229 Å². The van der Waals surface area contributed by atoms with Crippen LogP contribution in [0.15, 0.2) is 73.3 Å². The zero-order chi connectivity index (χ0) is 27.6. The van der Waals surface area contributed by atoms with Crippen molar-refractivity contribution >= 4 is 35.0 Å². The summed E-state index contributed by atoms with van der Waals surface area (Å²) in [7, 11) is 0. The smallest absolute Gasteiger partial charge is 0.266 e. The lowest BCUT2D eigenvalue weighted by molar-refractivity contribution is 0.0910. The van der Waals surface area contributed by atoms with Crippen molar-refractivity contribution in [3.63, 3.8) is 0 Å². The zero-order valence-electron chi connectivity index (χ0n) is 21.8. The van der Waals surface area contributed by atoms with Crippen molar-refractivity contribution in [1.29, 1.82) is 0 Å². The number of anilines is 2. The van der Waals surface area contributed by atoms with Gasteiger partial charge in [-0.15, -0.1) is 0 Å². The SMILES string of the molecule is CC12CCC(C)(c3cc4c(cc31)C(=O)N(c1cccnc1)C4=O)c1cc3c(cc12)C(=O)N(c1cccnc1)C3=O. The largest absolute Gasteiger partial charge is 0.268 e. The number of rotatable bonds is 2. The molecular formula is C32H22N4O4. The Morgan fingerprint density at radius 2 is 0.900 bits per heavy atom. The fourth-order valence-corrected chi connectivity index (χ4v) is 7.17. The summed E-state index contributed by atoms with van der Waals surface area (Å²) in [6.07, 6.45) is 7.83. The molecule has 0 saturated carbocycles. The number of hydrogen-bond donors (Lipinski definition) is 0. The average molecular weight is 527 g/mol. The number of pyridine rings is 2. The Balaban J connectivity index is 1.30. The third-order valence-corrected chi connectivity index (χ3v) is 9.36. The van der Waals surface area contributed by atoms with Crippen LogP contribution in [0.5, 0.6) is 0 Å². The van der Waals surface area contributed by atoms with Crippen LogP contribution in [0.1, 0.15) is 90.4 Å². The number of aromatic nitrogens is 2. The fourth-order valence-electron chi connectivity index (χ4n) is 7.17.